The lowest BCUT2D eigenvalue weighted by molar-refractivity contribution is 0.413. The lowest BCUT2D eigenvalue weighted by atomic mass is 10.1. The molecule has 0 spiro atoms. The molecule has 0 N–H and O–H groups in total. The van der Waals surface area contributed by atoms with Gasteiger partial charge in [-0.25, -0.2) is 0 Å². The molecule has 0 aliphatic carbocycles. The van der Waals surface area contributed by atoms with E-state index in [4.69, 9.17) is 10.00 Å². The van der Waals surface area contributed by atoms with Crippen LogP contribution in [0.3, 0.4) is 0 Å². The number of methoxy groups -OCH3 is 1. The zero-order valence-corrected chi connectivity index (χ0v) is 13.0. The minimum Gasteiger partial charge on any atom is -0.495 e. The molecule has 0 amide bonds. The van der Waals surface area contributed by atoms with E-state index in [0.717, 1.165) is 20.9 Å². The third-order valence-electron chi connectivity index (χ3n) is 3.38. The monoisotopic (exact) mass is 341 g/mol. The molecule has 4 nitrogen and oxygen atoms in total. The van der Waals surface area contributed by atoms with Crippen molar-refractivity contribution >= 4 is 26.8 Å². The molecule has 21 heavy (non-hydrogen) atoms. The van der Waals surface area contributed by atoms with E-state index in [1.807, 2.05) is 30.6 Å². The van der Waals surface area contributed by atoms with E-state index in [0.29, 0.717) is 17.9 Å². The minimum absolute atomic E-state index is 0.543. The van der Waals surface area contributed by atoms with Crippen molar-refractivity contribution in [1.82, 2.24) is 9.55 Å². The Labute approximate surface area is 130 Å². The molecule has 5 heteroatoms. The van der Waals surface area contributed by atoms with Crippen molar-refractivity contribution in [3.8, 4) is 11.8 Å². The minimum atomic E-state index is 0.543. The number of pyridine rings is 1. The lowest BCUT2D eigenvalue weighted by Gasteiger charge is -2.08. The average molecular weight is 342 g/mol. The Balaban J connectivity index is 2.01. The van der Waals surface area contributed by atoms with Crippen LogP contribution in [0.2, 0.25) is 0 Å². The van der Waals surface area contributed by atoms with Crippen molar-refractivity contribution in [2.24, 2.45) is 0 Å². The first-order valence-electron chi connectivity index (χ1n) is 6.38. The molecule has 0 radical (unpaired) electrons. The van der Waals surface area contributed by atoms with E-state index in [1.165, 1.54) is 0 Å². The van der Waals surface area contributed by atoms with Gasteiger partial charge < -0.3 is 9.30 Å². The molecule has 1 aromatic carbocycles. The van der Waals surface area contributed by atoms with E-state index in [9.17, 15) is 0 Å². The molecule has 104 valence electrons. The zero-order valence-electron chi connectivity index (χ0n) is 11.4. The second kappa shape index (κ2) is 5.58. The van der Waals surface area contributed by atoms with Gasteiger partial charge in [0, 0.05) is 28.8 Å². The molecule has 0 bridgehead atoms. The largest absolute Gasteiger partial charge is 0.495 e. The number of aromatic nitrogens is 2. The Hall–Kier alpha value is -2.32. The maximum absolute atomic E-state index is 9.03. The van der Waals surface area contributed by atoms with Gasteiger partial charge in [-0.3, -0.25) is 4.98 Å². The fraction of sp³-hybridized carbons (Fsp3) is 0.125. The molecule has 2 heterocycles. The molecule has 0 aliphatic heterocycles. The van der Waals surface area contributed by atoms with Crippen LogP contribution in [0.25, 0.3) is 10.9 Å². The van der Waals surface area contributed by atoms with E-state index in [1.54, 1.807) is 19.4 Å². The molecule has 0 saturated heterocycles. The van der Waals surface area contributed by atoms with Crippen LogP contribution < -0.4 is 4.74 Å². The summed E-state index contributed by atoms with van der Waals surface area (Å²) in [5.74, 6) is 0.601. The second-order valence-corrected chi connectivity index (χ2v) is 5.50. The summed E-state index contributed by atoms with van der Waals surface area (Å²) < 4.78 is 8.41. The first-order valence-corrected chi connectivity index (χ1v) is 7.17. The lowest BCUT2D eigenvalue weighted by Crippen LogP contribution is -1.99. The van der Waals surface area contributed by atoms with Crippen LogP contribution in [0, 0.1) is 11.3 Å². The highest BCUT2D eigenvalue weighted by atomic mass is 79.9. The average Bonchev–Trinajstić information content (AvgIpc) is 2.84. The maximum atomic E-state index is 9.03. The first kappa shape index (κ1) is 13.7. The van der Waals surface area contributed by atoms with Crippen LogP contribution in [0.4, 0.5) is 0 Å². The summed E-state index contributed by atoms with van der Waals surface area (Å²) in [5, 5.41) is 10.2. The van der Waals surface area contributed by atoms with Crippen LogP contribution in [0.5, 0.6) is 5.75 Å². The Kier molecular flexibility index (Phi) is 3.63. The molecule has 0 atom stereocenters. The van der Waals surface area contributed by atoms with E-state index < -0.39 is 0 Å². The van der Waals surface area contributed by atoms with E-state index >= 15 is 0 Å². The van der Waals surface area contributed by atoms with Gasteiger partial charge in [0.2, 0.25) is 0 Å². The van der Waals surface area contributed by atoms with Gasteiger partial charge in [-0.15, -0.1) is 0 Å². The third kappa shape index (κ3) is 2.50. The summed E-state index contributed by atoms with van der Waals surface area (Å²) in [6.07, 6.45) is 5.67. The number of nitriles is 1. The topological polar surface area (TPSA) is 50.8 Å². The summed E-state index contributed by atoms with van der Waals surface area (Å²) in [6, 6.07) is 9.73. The number of fused-ring (bicyclic) bond motifs is 1. The van der Waals surface area contributed by atoms with Gasteiger partial charge in [0.1, 0.15) is 11.8 Å². The second-order valence-electron chi connectivity index (χ2n) is 4.64. The third-order valence-corrected chi connectivity index (χ3v) is 4.01. The maximum Gasteiger partial charge on any atom is 0.136 e. The first-order chi connectivity index (χ1) is 10.2. The Morgan fingerprint density at radius 3 is 3.00 bits per heavy atom. The highest BCUT2D eigenvalue weighted by Crippen LogP contribution is 2.27. The molecular formula is C16H12BrN3O. The van der Waals surface area contributed by atoms with Crippen molar-refractivity contribution < 1.29 is 4.74 Å². The molecule has 0 unspecified atom stereocenters. The fourth-order valence-corrected chi connectivity index (χ4v) is 2.93. The smallest absolute Gasteiger partial charge is 0.136 e. The van der Waals surface area contributed by atoms with E-state index in [2.05, 4.69) is 31.6 Å². The highest BCUT2D eigenvalue weighted by Gasteiger charge is 2.08. The quantitative estimate of drug-likeness (QED) is 0.729. The molecule has 3 aromatic rings. The number of rotatable bonds is 3. The summed E-state index contributed by atoms with van der Waals surface area (Å²) >= 11 is 3.57. The summed E-state index contributed by atoms with van der Waals surface area (Å²) in [7, 11) is 1.57. The molecule has 0 saturated carbocycles. The van der Waals surface area contributed by atoms with Crippen molar-refractivity contribution in [2.45, 2.75) is 6.54 Å². The summed E-state index contributed by atoms with van der Waals surface area (Å²) in [6.45, 7) is 0.690. The summed E-state index contributed by atoms with van der Waals surface area (Å²) in [4.78, 5) is 4.18. The Morgan fingerprint density at radius 1 is 1.38 bits per heavy atom. The van der Waals surface area contributed by atoms with Crippen molar-refractivity contribution in [3.63, 3.8) is 0 Å². The highest BCUT2D eigenvalue weighted by molar-refractivity contribution is 9.10. The van der Waals surface area contributed by atoms with Gasteiger partial charge in [0.05, 0.1) is 24.4 Å². The van der Waals surface area contributed by atoms with Crippen molar-refractivity contribution in [2.75, 3.05) is 7.11 Å². The van der Waals surface area contributed by atoms with E-state index in [-0.39, 0.29) is 0 Å². The number of nitrogens with zero attached hydrogens (tertiary/aromatic N) is 3. The van der Waals surface area contributed by atoms with Crippen LogP contribution in [0.1, 0.15) is 11.1 Å². The van der Waals surface area contributed by atoms with Gasteiger partial charge in [-0.1, -0.05) is 6.07 Å². The normalized spacial score (nSPS) is 10.5. The van der Waals surface area contributed by atoms with Crippen LogP contribution >= 0.6 is 15.9 Å². The molecule has 2 aromatic heterocycles. The molecule has 0 aliphatic rings. The number of hydrogen-bond acceptors (Lipinski definition) is 3. The Morgan fingerprint density at radius 2 is 2.24 bits per heavy atom. The zero-order chi connectivity index (χ0) is 14.8. The van der Waals surface area contributed by atoms with Gasteiger partial charge >= 0.3 is 0 Å². The molecule has 0 fully saturated rings. The fourth-order valence-electron chi connectivity index (χ4n) is 2.35. The molecular weight excluding hydrogens is 330 g/mol. The Bertz CT molecular complexity index is 848. The molecule has 3 rings (SSSR count). The predicted octanol–water partition coefficient (Wildman–Crippen LogP) is 3.73. The van der Waals surface area contributed by atoms with Crippen molar-refractivity contribution in [3.05, 3.63) is 58.5 Å². The number of halogens is 1. The van der Waals surface area contributed by atoms with Gasteiger partial charge in [-0.05, 0) is 39.7 Å². The van der Waals surface area contributed by atoms with Gasteiger partial charge in [0.25, 0.3) is 0 Å². The van der Waals surface area contributed by atoms with Crippen LogP contribution in [0.15, 0.2) is 47.3 Å². The van der Waals surface area contributed by atoms with Crippen LogP contribution in [-0.4, -0.2) is 16.7 Å². The van der Waals surface area contributed by atoms with Gasteiger partial charge in [0.15, 0.2) is 0 Å². The van der Waals surface area contributed by atoms with Crippen molar-refractivity contribution in [1.29, 1.82) is 5.26 Å². The SMILES string of the molecule is COc1cc(Cn2cc(Br)c3ccncc32)ccc1C#N. The number of ether oxygens (including phenoxy) is 1. The summed E-state index contributed by atoms with van der Waals surface area (Å²) in [5.41, 5.74) is 2.67. The van der Waals surface area contributed by atoms with Gasteiger partial charge in [-0.2, -0.15) is 5.26 Å². The number of benzene rings is 1. The van der Waals surface area contributed by atoms with Crippen LogP contribution in [-0.2, 0) is 6.54 Å². The predicted molar refractivity (Wildman–Crippen MR) is 84.2 cm³/mol. The standard InChI is InChI=1S/C16H12BrN3O/c1-21-16-6-11(2-3-12(16)7-18)9-20-10-14(17)13-4-5-19-8-15(13)20/h2-6,8,10H,9H2,1H3. The number of hydrogen-bond donors (Lipinski definition) is 0.